The van der Waals surface area contributed by atoms with Crippen LogP contribution in [0.4, 0.5) is 4.39 Å². The number of hydrogen-bond donors (Lipinski definition) is 1. The third-order valence-corrected chi connectivity index (χ3v) is 5.62. The van der Waals surface area contributed by atoms with Crippen molar-refractivity contribution >= 4 is 27.4 Å². The highest BCUT2D eigenvalue weighted by molar-refractivity contribution is 7.21. The van der Waals surface area contributed by atoms with E-state index < -0.39 is 5.97 Å². The van der Waals surface area contributed by atoms with Crippen LogP contribution in [-0.2, 0) is 0 Å². The lowest BCUT2D eigenvalue weighted by molar-refractivity contribution is 0.0703. The minimum absolute atomic E-state index is 0.236. The Morgan fingerprint density at radius 1 is 1.29 bits per heavy atom. The van der Waals surface area contributed by atoms with Gasteiger partial charge >= 0.3 is 5.97 Å². The summed E-state index contributed by atoms with van der Waals surface area (Å²) in [5, 5.41) is 10.3. The van der Waals surface area contributed by atoms with Gasteiger partial charge in [-0.05, 0) is 53.8 Å². The fourth-order valence-electron chi connectivity index (χ4n) is 3.23. The van der Waals surface area contributed by atoms with Crippen molar-refractivity contribution in [2.24, 2.45) is 0 Å². The normalized spacial score (nSPS) is 16.7. The number of fused-ring (bicyclic) bond motifs is 2. The van der Waals surface area contributed by atoms with E-state index >= 15 is 0 Å². The van der Waals surface area contributed by atoms with Crippen LogP contribution in [0.1, 0.15) is 34.5 Å². The molecule has 4 rings (SSSR count). The molecule has 1 aromatic heterocycles. The lowest BCUT2D eigenvalue weighted by Gasteiger charge is -2.23. The number of halogens is 1. The number of carboxylic acid groups (broad SMARTS) is 1. The second-order valence-electron chi connectivity index (χ2n) is 6.04. The second kappa shape index (κ2) is 5.60. The number of carbonyl (C=O) groups is 1. The molecule has 0 amide bonds. The summed E-state index contributed by atoms with van der Waals surface area (Å²) in [6, 6.07) is 10.2. The van der Waals surface area contributed by atoms with Crippen molar-refractivity contribution in [3.63, 3.8) is 0 Å². The molecule has 5 heteroatoms. The molecule has 0 aliphatic carbocycles. The molecule has 1 N–H and O–H groups in total. The molecule has 0 saturated carbocycles. The van der Waals surface area contributed by atoms with Crippen molar-refractivity contribution in [2.75, 3.05) is 6.61 Å². The first-order valence-electron chi connectivity index (χ1n) is 7.77. The maximum absolute atomic E-state index is 13.5. The number of carboxylic acids is 1. The van der Waals surface area contributed by atoms with E-state index in [-0.39, 0.29) is 10.7 Å². The lowest BCUT2D eigenvalue weighted by Crippen LogP contribution is -2.11. The zero-order valence-corrected chi connectivity index (χ0v) is 13.8. The average Bonchev–Trinajstić information content (AvgIpc) is 2.94. The predicted octanol–water partition coefficient (Wildman–Crippen LogP) is 5.29. The summed E-state index contributed by atoms with van der Waals surface area (Å²) < 4.78 is 19.8. The quantitative estimate of drug-likeness (QED) is 0.688. The van der Waals surface area contributed by atoms with Crippen LogP contribution in [0.15, 0.2) is 36.4 Å². The topological polar surface area (TPSA) is 46.5 Å². The molecule has 1 aliphatic heterocycles. The molecule has 2 heterocycles. The van der Waals surface area contributed by atoms with Crippen LogP contribution in [0.5, 0.6) is 5.75 Å². The first kappa shape index (κ1) is 15.1. The van der Waals surface area contributed by atoms with Crippen molar-refractivity contribution < 1.29 is 19.0 Å². The van der Waals surface area contributed by atoms with Crippen molar-refractivity contribution in [3.8, 4) is 16.9 Å². The summed E-state index contributed by atoms with van der Waals surface area (Å²) in [6.07, 6.45) is 0.942. The van der Waals surface area contributed by atoms with Crippen molar-refractivity contribution in [1.82, 2.24) is 0 Å². The van der Waals surface area contributed by atoms with Gasteiger partial charge in [-0.15, -0.1) is 11.3 Å². The van der Waals surface area contributed by atoms with Crippen LogP contribution < -0.4 is 4.74 Å². The second-order valence-corrected chi connectivity index (χ2v) is 7.09. The van der Waals surface area contributed by atoms with Gasteiger partial charge in [0, 0.05) is 15.6 Å². The van der Waals surface area contributed by atoms with E-state index in [0.717, 1.165) is 40.0 Å². The van der Waals surface area contributed by atoms with Gasteiger partial charge in [-0.2, -0.15) is 0 Å². The number of thiophene rings is 1. The van der Waals surface area contributed by atoms with Gasteiger partial charge in [0.15, 0.2) is 0 Å². The number of hydrogen-bond acceptors (Lipinski definition) is 3. The van der Waals surface area contributed by atoms with Gasteiger partial charge in [-0.1, -0.05) is 13.0 Å². The Kier molecular flexibility index (Phi) is 3.53. The van der Waals surface area contributed by atoms with Crippen LogP contribution in [0.2, 0.25) is 0 Å². The van der Waals surface area contributed by atoms with Gasteiger partial charge in [0.1, 0.15) is 16.4 Å². The zero-order valence-electron chi connectivity index (χ0n) is 13.0. The third-order valence-electron chi connectivity index (χ3n) is 4.48. The summed E-state index contributed by atoms with van der Waals surface area (Å²) in [6.45, 7) is 2.85. The van der Waals surface area contributed by atoms with Crippen molar-refractivity contribution in [2.45, 2.75) is 19.3 Å². The molecule has 0 spiro atoms. The van der Waals surface area contributed by atoms with Gasteiger partial charge in [-0.25, -0.2) is 9.18 Å². The minimum atomic E-state index is -0.992. The van der Waals surface area contributed by atoms with E-state index in [0.29, 0.717) is 22.8 Å². The summed E-state index contributed by atoms with van der Waals surface area (Å²) in [4.78, 5) is 11.9. The Morgan fingerprint density at radius 3 is 2.92 bits per heavy atom. The number of benzene rings is 2. The number of ether oxygens (including phenoxy) is 1. The van der Waals surface area contributed by atoms with Crippen molar-refractivity contribution in [1.29, 1.82) is 0 Å². The minimum Gasteiger partial charge on any atom is -0.493 e. The zero-order chi connectivity index (χ0) is 16.8. The summed E-state index contributed by atoms with van der Waals surface area (Å²) in [7, 11) is 0. The van der Waals surface area contributed by atoms with E-state index in [1.54, 1.807) is 6.07 Å². The highest BCUT2D eigenvalue weighted by Gasteiger charge is 2.23. The molecule has 0 radical (unpaired) electrons. The van der Waals surface area contributed by atoms with Crippen LogP contribution >= 0.6 is 11.3 Å². The maximum Gasteiger partial charge on any atom is 0.346 e. The molecule has 0 bridgehead atoms. The molecular formula is C19H15FO3S. The van der Waals surface area contributed by atoms with E-state index in [9.17, 15) is 14.3 Å². The molecule has 3 nitrogen and oxygen atoms in total. The Bertz CT molecular complexity index is 961. The SMILES string of the molecule is C[C@H]1CCOc2ccc(-c3c(C(=O)O)sc4cc(F)ccc34)cc21. The first-order valence-corrected chi connectivity index (χ1v) is 8.58. The summed E-state index contributed by atoms with van der Waals surface area (Å²) >= 11 is 1.11. The summed E-state index contributed by atoms with van der Waals surface area (Å²) in [5.41, 5.74) is 2.58. The Balaban J connectivity index is 1.97. The molecule has 0 unspecified atom stereocenters. The fraction of sp³-hybridized carbons (Fsp3) is 0.211. The Labute approximate surface area is 142 Å². The average molecular weight is 342 g/mol. The van der Waals surface area contributed by atoms with Gasteiger partial charge in [0.05, 0.1) is 6.61 Å². The Morgan fingerprint density at radius 2 is 2.12 bits per heavy atom. The molecule has 1 atom stereocenters. The van der Waals surface area contributed by atoms with Crippen LogP contribution in [-0.4, -0.2) is 17.7 Å². The molecule has 3 aromatic rings. The molecule has 2 aromatic carbocycles. The van der Waals surface area contributed by atoms with Gasteiger partial charge < -0.3 is 9.84 Å². The molecule has 0 fully saturated rings. The van der Waals surface area contributed by atoms with Gasteiger partial charge in [0.2, 0.25) is 0 Å². The molecule has 0 saturated heterocycles. The number of aromatic carboxylic acids is 1. The van der Waals surface area contributed by atoms with Gasteiger partial charge in [-0.3, -0.25) is 0 Å². The monoisotopic (exact) mass is 342 g/mol. The van der Waals surface area contributed by atoms with E-state index in [1.807, 2.05) is 18.2 Å². The highest BCUT2D eigenvalue weighted by atomic mass is 32.1. The number of rotatable bonds is 2. The smallest absolute Gasteiger partial charge is 0.346 e. The predicted molar refractivity (Wildman–Crippen MR) is 92.7 cm³/mol. The van der Waals surface area contributed by atoms with Crippen LogP contribution in [0.25, 0.3) is 21.2 Å². The van der Waals surface area contributed by atoms with E-state index in [1.165, 1.54) is 12.1 Å². The summed E-state index contributed by atoms with van der Waals surface area (Å²) in [5.74, 6) is -0.127. The first-order chi connectivity index (χ1) is 11.5. The molecule has 24 heavy (non-hydrogen) atoms. The maximum atomic E-state index is 13.5. The fourth-order valence-corrected chi connectivity index (χ4v) is 4.32. The Hall–Kier alpha value is -2.40. The molecule has 1 aliphatic rings. The lowest BCUT2D eigenvalue weighted by atomic mass is 9.91. The van der Waals surface area contributed by atoms with E-state index in [2.05, 4.69) is 6.92 Å². The standard InChI is InChI=1S/C19H15FO3S/c1-10-6-7-23-15-5-2-11(8-14(10)15)17-13-4-3-12(20)9-16(13)24-18(17)19(21)22/h2-5,8-10H,6-7H2,1H3,(H,21,22)/t10-/m0/s1. The van der Waals surface area contributed by atoms with Crippen LogP contribution in [0, 0.1) is 5.82 Å². The van der Waals surface area contributed by atoms with Crippen molar-refractivity contribution in [3.05, 3.63) is 52.7 Å². The third kappa shape index (κ3) is 2.36. The van der Waals surface area contributed by atoms with E-state index in [4.69, 9.17) is 4.74 Å². The van der Waals surface area contributed by atoms with Gasteiger partial charge in [0.25, 0.3) is 0 Å². The molecule has 122 valence electrons. The molecular weight excluding hydrogens is 327 g/mol. The van der Waals surface area contributed by atoms with Crippen LogP contribution in [0.3, 0.4) is 0 Å². The largest absolute Gasteiger partial charge is 0.493 e. The highest BCUT2D eigenvalue weighted by Crippen LogP contribution is 2.42.